The van der Waals surface area contributed by atoms with Gasteiger partial charge in [0, 0.05) is 18.5 Å². The van der Waals surface area contributed by atoms with Crippen LogP contribution < -0.4 is 15.4 Å². The zero-order chi connectivity index (χ0) is 15.9. The Morgan fingerprint density at radius 1 is 1.32 bits per heavy atom. The summed E-state index contributed by atoms with van der Waals surface area (Å²) in [6.45, 7) is 1.43. The van der Waals surface area contributed by atoms with Crippen molar-refractivity contribution in [3.63, 3.8) is 0 Å². The molecule has 116 valence electrons. The fourth-order valence-electron chi connectivity index (χ4n) is 1.97. The molecule has 1 unspecified atom stereocenters. The predicted molar refractivity (Wildman–Crippen MR) is 84.9 cm³/mol. The highest BCUT2D eigenvalue weighted by atomic mass is 32.1. The van der Waals surface area contributed by atoms with Gasteiger partial charge in [-0.05, 0) is 17.7 Å². The zero-order valence-electron chi connectivity index (χ0n) is 12.3. The summed E-state index contributed by atoms with van der Waals surface area (Å²) in [4.78, 5) is 27.5. The summed E-state index contributed by atoms with van der Waals surface area (Å²) in [5, 5.41) is 7.82. The molecule has 1 heterocycles. The number of methoxy groups -OCH3 is 1. The number of amides is 2. The monoisotopic (exact) mass is 319 g/mol. The first-order chi connectivity index (χ1) is 10.6. The average Bonchev–Trinajstić information content (AvgIpc) is 2.99. The van der Waals surface area contributed by atoms with E-state index in [0.29, 0.717) is 5.13 Å². The lowest BCUT2D eigenvalue weighted by Gasteiger charge is -2.18. The van der Waals surface area contributed by atoms with Crippen LogP contribution in [0.5, 0.6) is 5.75 Å². The molecule has 6 nitrogen and oxygen atoms in total. The summed E-state index contributed by atoms with van der Waals surface area (Å²) in [5.41, 5.74) is 0.838. The average molecular weight is 319 g/mol. The number of carbonyl (C=O) groups excluding carboxylic acids is 2. The van der Waals surface area contributed by atoms with Crippen LogP contribution in [0.25, 0.3) is 0 Å². The lowest BCUT2D eigenvalue weighted by atomic mass is 10.0. The molecule has 0 aliphatic heterocycles. The van der Waals surface area contributed by atoms with Crippen LogP contribution in [0.4, 0.5) is 5.13 Å². The Balaban J connectivity index is 2.07. The highest BCUT2D eigenvalue weighted by Gasteiger charge is 2.17. The number of aromatic nitrogens is 1. The van der Waals surface area contributed by atoms with E-state index in [0.717, 1.165) is 11.3 Å². The number of ether oxygens (including phenoxy) is 1. The summed E-state index contributed by atoms with van der Waals surface area (Å²) >= 11 is 1.35. The molecule has 0 aliphatic rings. The van der Waals surface area contributed by atoms with Crippen molar-refractivity contribution in [2.75, 3.05) is 12.4 Å². The maximum Gasteiger partial charge on any atom is 0.228 e. The fourth-order valence-corrected chi connectivity index (χ4v) is 2.52. The molecule has 1 aromatic heterocycles. The van der Waals surface area contributed by atoms with E-state index in [2.05, 4.69) is 15.6 Å². The van der Waals surface area contributed by atoms with Crippen LogP contribution in [0.15, 0.2) is 35.8 Å². The number of carbonyl (C=O) groups is 2. The SMILES string of the molecule is COc1ccc(C(CC(=O)Nc2nccs2)NC(C)=O)cc1. The Kier molecular flexibility index (Phi) is 5.48. The van der Waals surface area contributed by atoms with Gasteiger partial charge in [0.15, 0.2) is 5.13 Å². The molecule has 0 saturated carbocycles. The molecule has 0 radical (unpaired) electrons. The van der Waals surface area contributed by atoms with E-state index < -0.39 is 6.04 Å². The van der Waals surface area contributed by atoms with Gasteiger partial charge in [0.2, 0.25) is 11.8 Å². The number of nitrogens with one attached hydrogen (secondary N) is 2. The standard InChI is InChI=1S/C15H17N3O3S/c1-10(19)17-13(11-3-5-12(21-2)6-4-11)9-14(20)18-15-16-7-8-22-15/h3-8,13H,9H2,1-2H3,(H,17,19)(H,16,18,20). The van der Waals surface area contributed by atoms with Crippen molar-refractivity contribution >= 4 is 28.3 Å². The number of anilines is 1. The van der Waals surface area contributed by atoms with Gasteiger partial charge in [0.05, 0.1) is 19.6 Å². The molecule has 1 aromatic carbocycles. The Morgan fingerprint density at radius 2 is 2.05 bits per heavy atom. The molecule has 0 spiro atoms. The van der Waals surface area contributed by atoms with Gasteiger partial charge < -0.3 is 15.4 Å². The van der Waals surface area contributed by atoms with E-state index in [1.807, 2.05) is 12.1 Å². The van der Waals surface area contributed by atoms with Crippen LogP contribution in [0.3, 0.4) is 0 Å². The minimum Gasteiger partial charge on any atom is -0.497 e. The Bertz CT molecular complexity index is 626. The van der Waals surface area contributed by atoms with Gasteiger partial charge in [-0.25, -0.2) is 4.98 Å². The third kappa shape index (κ3) is 4.56. The second kappa shape index (κ2) is 7.56. The van der Waals surface area contributed by atoms with E-state index in [9.17, 15) is 9.59 Å². The van der Waals surface area contributed by atoms with Gasteiger partial charge in [-0.15, -0.1) is 11.3 Å². The third-order valence-electron chi connectivity index (χ3n) is 2.96. The number of rotatable bonds is 6. The summed E-state index contributed by atoms with van der Waals surface area (Å²) in [5.74, 6) is 0.324. The topological polar surface area (TPSA) is 80.3 Å². The molecule has 7 heteroatoms. The maximum atomic E-state index is 12.1. The first kappa shape index (κ1) is 16.0. The van der Waals surface area contributed by atoms with Gasteiger partial charge in [-0.3, -0.25) is 9.59 Å². The summed E-state index contributed by atoms with van der Waals surface area (Å²) in [7, 11) is 1.59. The van der Waals surface area contributed by atoms with E-state index in [1.165, 1.54) is 18.3 Å². The third-order valence-corrected chi connectivity index (χ3v) is 3.65. The minimum absolute atomic E-state index is 0.130. The van der Waals surface area contributed by atoms with E-state index >= 15 is 0 Å². The van der Waals surface area contributed by atoms with E-state index in [4.69, 9.17) is 4.74 Å². The molecular formula is C15H17N3O3S. The lowest BCUT2D eigenvalue weighted by Crippen LogP contribution is -2.29. The number of thiazole rings is 1. The number of nitrogens with zero attached hydrogens (tertiary/aromatic N) is 1. The fraction of sp³-hybridized carbons (Fsp3) is 0.267. The minimum atomic E-state index is -0.400. The molecule has 1 atom stereocenters. The second-order valence-corrected chi connectivity index (χ2v) is 5.51. The number of hydrogen-bond donors (Lipinski definition) is 2. The predicted octanol–water partition coefficient (Wildman–Crippen LogP) is 2.36. The molecule has 2 N–H and O–H groups in total. The Hall–Kier alpha value is -2.41. The Labute approximate surface area is 132 Å². The maximum absolute atomic E-state index is 12.1. The van der Waals surface area contributed by atoms with Crippen molar-refractivity contribution in [1.29, 1.82) is 0 Å². The number of hydrogen-bond acceptors (Lipinski definition) is 5. The normalized spacial score (nSPS) is 11.5. The van der Waals surface area contributed by atoms with Gasteiger partial charge in [-0.1, -0.05) is 12.1 Å². The van der Waals surface area contributed by atoms with Crippen molar-refractivity contribution in [2.45, 2.75) is 19.4 Å². The highest BCUT2D eigenvalue weighted by molar-refractivity contribution is 7.13. The number of benzene rings is 1. The summed E-state index contributed by atoms with van der Waals surface area (Å²) < 4.78 is 5.11. The molecule has 2 aromatic rings. The van der Waals surface area contributed by atoms with Crippen LogP contribution in [-0.4, -0.2) is 23.9 Å². The van der Waals surface area contributed by atoms with Crippen molar-refractivity contribution in [3.05, 3.63) is 41.4 Å². The van der Waals surface area contributed by atoms with Crippen molar-refractivity contribution in [2.24, 2.45) is 0 Å². The molecule has 2 amide bonds. The molecular weight excluding hydrogens is 302 g/mol. The second-order valence-electron chi connectivity index (χ2n) is 4.62. The lowest BCUT2D eigenvalue weighted by molar-refractivity contribution is -0.120. The van der Waals surface area contributed by atoms with Gasteiger partial charge in [0.25, 0.3) is 0 Å². The first-order valence-corrected chi connectivity index (χ1v) is 7.57. The van der Waals surface area contributed by atoms with Gasteiger partial charge in [-0.2, -0.15) is 0 Å². The zero-order valence-corrected chi connectivity index (χ0v) is 13.1. The smallest absolute Gasteiger partial charge is 0.228 e. The van der Waals surface area contributed by atoms with Crippen LogP contribution in [-0.2, 0) is 9.59 Å². The first-order valence-electron chi connectivity index (χ1n) is 6.69. The molecule has 0 bridgehead atoms. The molecule has 22 heavy (non-hydrogen) atoms. The van der Waals surface area contributed by atoms with Crippen molar-refractivity contribution in [3.8, 4) is 5.75 Å². The highest BCUT2D eigenvalue weighted by Crippen LogP contribution is 2.21. The van der Waals surface area contributed by atoms with Crippen molar-refractivity contribution < 1.29 is 14.3 Å². The summed E-state index contributed by atoms with van der Waals surface area (Å²) in [6.07, 6.45) is 1.75. The van der Waals surface area contributed by atoms with Crippen LogP contribution in [0.1, 0.15) is 24.9 Å². The summed E-state index contributed by atoms with van der Waals surface area (Å²) in [6, 6.07) is 6.85. The Morgan fingerprint density at radius 3 is 2.59 bits per heavy atom. The van der Waals surface area contributed by atoms with Crippen molar-refractivity contribution in [1.82, 2.24) is 10.3 Å². The molecule has 0 saturated heterocycles. The van der Waals surface area contributed by atoms with E-state index in [-0.39, 0.29) is 18.2 Å². The molecule has 2 rings (SSSR count). The van der Waals surface area contributed by atoms with Crippen LogP contribution in [0, 0.1) is 0 Å². The molecule has 0 aliphatic carbocycles. The van der Waals surface area contributed by atoms with Gasteiger partial charge >= 0.3 is 0 Å². The van der Waals surface area contributed by atoms with Crippen LogP contribution >= 0.6 is 11.3 Å². The van der Waals surface area contributed by atoms with Gasteiger partial charge in [0.1, 0.15) is 5.75 Å². The van der Waals surface area contributed by atoms with E-state index in [1.54, 1.807) is 30.8 Å². The largest absolute Gasteiger partial charge is 0.497 e. The van der Waals surface area contributed by atoms with Crippen LogP contribution in [0.2, 0.25) is 0 Å². The quantitative estimate of drug-likeness (QED) is 0.856. The molecule has 0 fully saturated rings.